The molecule has 1 N–H and O–H groups in total. The summed E-state index contributed by atoms with van der Waals surface area (Å²) < 4.78 is 5.71. The molecule has 6 atom stereocenters. The van der Waals surface area contributed by atoms with E-state index in [4.69, 9.17) is 4.74 Å². The Hall–Kier alpha value is -1.42. The van der Waals surface area contributed by atoms with Crippen molar-refractivity contribution in [2.45, 2.75) is 66.1 Å². The van der Waals surface area contributed by atoms with Crippen molar-refractivity contribution in [3.63, 3.8) is 0 Å². The Balaban J connectivity index is 2.24. The Kier molecular flexibility index (Phi) is 6.26. The first-order chi connectivity index (χ1) is 11.7. The maximum Gasteiger partial charge on any atom is 0.331 e. The minimum atomic E-state index is -0.647. The van der Waals surface area contributed by atoms with Gasteiger partial charge in [-0.25, -0.2) is 4.79 Å². The fraction of sp³-hybridized carbons (Fsp3) is 0.714. The molecular weight excluding hydrogens is 316 g/mol. The molecule has 25 heavy (non-hydrogen) atoms. The summed E-state index contributed by atoms with van der Waals surface area (Å²) in [7, 11) is 0. The van der Waals surface area contributed by atoms with E-state index in [0.29, 0.717) is 18.8 Å². The number of aliphatic hydroxyl groups excluding tert-OH is 1. The molecule has 140 valence electrons. The van der Waals surface area contributed by atoms with E-state index in [9.17, 15) is 14.7 Å². The summed E-state index contributed by atoms with van der Waals surface area (Å²) in [4.78, 5) is 24.7. The van der Waals surface area contributed by atoms with Crippen LogP contribution in [0.4, 0.5) is 0 Å². The van der Waals surface area contributed by atoms with Crippen molar-refractivity contribution < 1.29 is 19.4 Å². The van der Waals surface area contributed by atoms with Crippen LogP contribution in [0.1, 0.15) is 53.9 Å². The Morgan fingerprint density at radius 2 is 2.04 bits per heavy atom. The van der Waals surface area contributed by atoms with Gasteiger partial charge in [0.25, 0.3) is 0 Å². The van der Waals surface area contributed by atoms with E-state index in [-0.39, 0.29) is 41.5 Å². The molecule has 2 rings (SSSR count). The number of carbonyl (C=O) groups excluding carboxylic acids is 2. The average molecular weight is 348 g/mol. The average Bonchev–Trinajstić information content (AvgIpc) is 2.87. The zero-order valence-electron chi connectivity index (χ0n) is 16.1. The fourth-order valence-electron chi connectivity index (χ4n) is 4.60. The lowest BCUT2D eigenvalue weighted by Gasteiger charge is -2.43. The van der Waals surface area contributed by atoms with Crippen LogP contribution in [0.15, 0.2) is 23.8 Å². The number of carbonyl (C=O) groups is 2. The third kappa shape index (κ3) is 4.05. The molecular formula is C21H32O4. The number of aliphatic hydroxyl groups is 1. The number of hydrogen-bond acceptors (Lipinski definition) is 4. The first kappa shape index (κ1) is 19.9. The number of ketones is 1. The first-order valence-corrected chi connectivity index (χ1v) is 9.44. The first-order valence-electron chi connectivity index (χ1n) is 9.44. The number of allylic oxidation sites excluding steroid dienone is 1. The molecule has 0 heterocycles. The third-order valence-corrected chi connectivity index (χ3v) is 6.10. The molecule has 0 amide bonds. The van der Waals surface area contributed by atoms with Gasteiger partial charge in [0.2, 0.25) is 0 Å². The molecule has 2 aliphatic carbocycles. The standard InChI is InChI=1S/C21H32O4/c1-7-12(4)8-19(24)25-18-10-15(11(2)3)21-16(13(18)5)9-17(23)20(21)14(6)22/h8,11,14-16,18,20-22H,5,7,9-10H2,1-4,6H3/b12-8+/t14-,15+,16+,18-,20+,21+/m1/s1. The van der Waals surface area contributed by atoms with E-state index in [0.717, 1.165) is 17.6 Å². The summed E-state index contributed by atoms with van der Waals surface area (Å²) in [6.07, 6.45) is 2.44. The molecule has 0 aromatic heterocycles. The van der Waals surface area contributed by atoms with Gasteiger partial charge in [-0.3, -0.25) is 4.79 Å². The second kappa shape index (κ2) is 7.86. The summed E-state index contributed by atoms with van der Waals surface area (Å²) in [5.74, 6) is 0.143. The smallest absolute Gasteiger partial charge is 0.331 e. The second-order valence-corrected chi connectivity index (χ2v) is 8.11. The predicted molar refractivity (Wildman–Crippen MR) is 97.8 cm³/mol. The van der Waals surface area contributed by atoms with Crippen LogP contribution < -0.4 is 0 Å². The van der Waals surface area contributed by atoms with E-state index >= 15 is 0 Å². The van der Waals surface area contributed by atoms with Crippen LogP contribution >= 0.6 is 0 Å². The molecule has 0 aliphatic heterocycles. The van der Waals surface area contributed by atoms with Gasteiger partial charge in [-0.05, 0) is 55.9 Å². The fourth-order valence-corrected chi connectivity index (χ4v) is 4.60. The minimum absolute atomic E-state index is 0.00213. The Bertz CT molecular complexity index is 572. The second-order valence-electron chi connectivity index (χ2n) is 8.11. The molecule has 0 aromatic carbocycles. The third-order valence-electron chi connectivity index (χ3n) is 6.10. The SMILES string of the molecule is C=C1[C@H](OC(=O)/C=C(\C)CC)C[C@@H](C(C)C)[C@@H]2[C@@H]([C@@H](C)O)C(=O)C[C@@H]12. The number of ether oxygens (including phenoxy) is 1. The zero-order valence-corrected chi connectivity index (χ0v) is 16.1. The molecule has 4 heteroatoms. The lowest BCUT2D eigenvalue weighted by atomic mass is 9.63. The van der Waals surface area contributed by atoms with Crippen molar-refractivity contribution in [3.8, 4) is 0 Å². The van der Waals surface area contributed by atoms with Gasteiger partial charge >= 0.3 is 5.97 Å². The quantitative estimate of drug-likeness (QED) is 0.467. The Labute approximate surface area is 151 Å². The van der Waals surface area contributed by atoms with Crippen LogP contribution in [-0.4, -0.2) is 29.1 Å². The van der Waals surface area contributed by atoms with Crippen LogP contribution in [-0.2, 0) is 14.3 Å². The van der Waals surface area contributed by atoms with Crippen molar-refractivity contribution >= 4 is 11.8 Å². The number of fused-ring (bicyclic) bond motifs is 1. The van der Waals surface area contributed by atoms with Gasteiger partial charge < -0.3 is 9.84 Å². The lowest BCUT2D eigenvalue weighted by molar-refractivity contribution is -0.144. The highest BCUT2D eigenvalue weighted by Crippen LogP contribution is 2.52. The Morgan fingerprint density at radius 1 is 1.40 bits per heavy atom. The summed E-state index contributed by atoms with van der Waals surface area (Å²) in [5.41, 5.74) is 1.82. The normalized spacial score (nSPS) is 34.2. The topological polar surface area (TPSA) is 63.6 Å². The molecule has 0 unspecified atom stereocenters. The zero-order chi connectivity index (χ0) is 18.9. The van der Waals surface area contributed by atoms with Crippen LogP contribution in [0.2, 0.25) is 0 Å². The molecule has 0 aromatic rings. The molecule has 0 spiro atoms. The highest BCUT2D eigenvalue weighted by Gasteiger charge is 2.54. The van der Waals surface area contributed by atoms with Gasteiger partial charge in [0.1, 0.15) is 11.9 Å². The summed E-state index contributed by atoms with van der Waals surface area (Å²) >= 11 is 0. The molecule has 2 aliphatic rings. The molecule has 4 nitrogen and oxygen atoms in total. The van der Waals surface area contributed by atoms with Gasteiger partial charge in [0, 0.05) is 18.4 Å². The van der Waals surface area contributed by atoms with Gasteiger partial charge in [-0.1, -0.05) is 32.9 Å². The van der Waals surface area contributed by atoms with Crippen LogP contribution in [0.25, 0.3) is 0 Å². The minimum Gasteiger partial charge on any atom is -0.455 e. The van der Waals surface area contributed by atoms with Gasteiger partial charge in [-0.15, -0.1) is 0 Å². The predicted octanol–water partition coefficient (Wildman–Crippen LogP) is 3.69. The van der Waals surface area contributed by atoms with E-state index in [1.807, 2.05) is 13.8 Å². The molecule has 2 saturated carbocycles. The number of rotatable bonds is 5. The van der Waals surface area contributed by atoms with E-state index < -0.39 is 6.10 Å². The van der Waals surface area contributed by atoms with E-state index in [2.05, 4.69) is 20.4 Å². The molecule has 0 radical (unpaired) electrons. The highest BCUT2D eigenvalue weighted by molar-refractivity contribution is 5.85. The van der Waals surface area contributed by atoms with Gasteiger partial charge in [0.15, 0.2) is 0 Å². The lowest BCUT2D eigenvalue weighted by Crippen LogP contribution is -2.43. The summed E-state index contributed by atoms with van der Waals surface area (Å²) in [6, 6.07) is 0. The van der Waals surface area contributed by atoms with Crippen molar-refractivity contribution in [3.05, 3.63) is 23.8 Å². The van der Waals surface area contributed by atoms with Gasteiger partial charge in [0.05, 0.1) is 6.10 Å². The highest BCUT2D eigenvalue weighted by atomic mass is 16.5. The van der Waals surface area contributed by atoms with Crippen LogP contribution in [0.5, 0.6) is 0 Å². The summed E-state index contributed by atoms with van der Waals surface area (Å²) in [6.45, 7) is 14.1. The van der Waals surface area contributed by atoms with Crippen molar-refractivity contribution in [2.75, 3.05) is 0 Å². The Morgan fingerprint density at radius 3 is 2.56 bits per heavy atom. The number of Topliss-reactive ketones (excluding diaryl/α,β-unsaturated/α-hetero) is 1. The van der Waals surface area contributed by atoms with Crippen molar-refractivity contribution in [1.29, 1.82) is 0 Å². The molecule has 0 saturated heterocycles. The van der Waals surface area contributed by atoms with Crippen molar-refractivity contribution in [1.82, 2.24) is 0 Å². The summed E-state index contributed by atoms with van der Waals surface area (Å²) in [5, 5.41) is 10.1. The van der Waals surface area contributed by atoms with Crippen LogP contribution in [0, 0.1) is 29.6 Å². The largest absolute Gasteiger partial charge is 0.455 e. The van der Waals surface area contributed by atoms with E-state index in [1.165, 1.54) is 0 Å². The monoisotopic (exact) mass is 348 g/mol. The molecule has 0 bridgehead atoms. The van der Waals surface area contributed by atoms with Crippen LogP contribution in [0.3, 0.4) is 0 Å². The van der Waals surface area contributed by atoms with Crippen molar-refractivity contribution in [2.24, 2.45) is 29.6 Å². The number of hydrogen-bond donors (Lipinski definition) is 1. The molecule has 2 fully saturated rings. The van der Waals surface area contributed by atoms with E-state index in [1.54, 1.807) is 13.0 Å². The number of esters is 1. The van der Waals surface area contributed by atoms with Gasteiger partial charge in [-0.2, -0.15) is 0 Å². The maximum atomic E-state index is 12.5. The maximum absolute atomic E-state index is 12.5.